The van der Waals surface area contributed by atoms with Crippen LogP contribution in [-0.4, -0.2) is 14.9 Å². The Morgan fingerprint density at radius 1 is 1.55 bits per heavy atom. The lowest BCUT2D eigenvalue weighted by atomic mass is 10.4. The molecule has 0 bridgehead atoms. The monoisotopic (exact) mass is 153 g/mol. The second-order valence-corrected chi connectivity index (χ2v) is 2.18. The first-order chi connectivity index (χ1) is 5.11. The van der Waals surface area contributed by atoms with E-state index in [4.69, 9.17) is 0 Å². The van der Waals surface area contributed by atoms with Crippen LogP contribution in [0.15, 0.2) is 6.20 Å². The summed E-state index contributed by atoms with van der Waals surface area (Å²) in [6.07, 6.45) is 1.50. The van der Waals surface area contributed by atoms with E-state index in [1.54, 1.807) is 13.8 Å². The fraction of sp³-hybridized carbons (Fsp3) is 0.333. The molecule has 1 aromatic rings. The molecule has 11 heavy (non-hydrogen) atoms. The quantitative estimate of drug-likeness (QED) is 0.445. The number of hydrogen-bond donors (Lipinski definition) is 0. The van der Waals surface area contributed by atoms with Gasteiger partial charge in [0.1, 0.15) is 5.69 Å². The van der Waals surface area contributed by atoms with Gasteiger partial charge in [0.15, 0.2) is 5.69 Å². The van der Waals surface area contributed by atoms with Gasteiger partial charge in [0, 0.05) is 6.92 Å². The molecule has 0 radical (unpaired) electrons. The van der Waals surface area contributed by atoms with Crippen LogP contribution in [-0.2, 0) is 0 Å². The van der Waals surface area contributed by atoms with E-state index < -0.39 is 4.92 Å². The van der Waals surface area contributed by atoms with E-state index in [2.05, 4.69) is 9.97 Å². The highest BCUT2D eigenvalue weighted by molar-refractivity contribution is 5.24. The van der Waals surface area contributed by atoms with Crippen LogP contribution in [0.1, 0.15) is 11.4 Å². The summed E-state index contributed by atoms with van der Waals surface area (Å²) >= 11 is 0. The lowest BCUT2D eigenvalue weighted by Gasteiger charge is -1.94. The number of nitro groups is 1. The second-order valence-electron chi connectivity index (χ2n) is 2.18. The van der Waals surface area contributed by atoms with Crippen molar-refractivity contribution in [2.75, 3.05) is 0 Å². The fourth-order valence-electron chi connectivity index (χ4n) is 0.698. The molecule has 5 nitrogen and oxygen atoms in total. The van der Waals surface area contributed by atoms with Crippen molar-refractivity contribution >= 4 is 5.82 Å². The minimum atomic E-state index is -0.532. The number of rotatable bonds is 1. The van der Waals surface area contributed by atoms with E-state index in [1.807, 2.05) is 0 Å². The van der Waals surface area contributed by atoms with E-state index in [0.717, 1.165) is 0 Å². The Hall–Kier alpha value is -1.52. The van der Waals surface area contributed by atoms with Crippen molar-refractivity contribution < 1.29 is 4.92 Å². The maximum atomic E-state index is 10.3. The fourth-order valence-corrected chi connectivity index (χ4v) is 0.698. The minimum absolute atomic E-state index is 0.162. The smallest absolute Gasteiger partial charge is 0.358 e. The largest absolute Gasteiger partial charge is 0.385 e. The Morgan fingerprint density at radius 2 is 2.18 bits per heavy atom. The van der Waals surface area contributed by atoms with E-state index in [9.17, 15) is 10.1 Å². The molecule has 0 aliphatic heterocycles. The van der Waals surface area contributed by atoms with Crippen LogP contribution in [0, 0.1) is 24.0 Å². The van der Waals surface area contributed by atoms with Gasteiger partial charge in [-0.1, -0.05) is 0 Å². The van der Waals surface area contributed by atoms with Crippen molar-refractivity contribution in [3.63, 3.8) is 0 Å². The summed E-state index contributed by atoms with van der Waals surface area (Å²) in [5, 5.41) is 10.3. The van der Waals surface area contributed by atoms with Gasteiger partial charge in [-0.15, -0.1) is 0 Å². The molecular formula is C6H7N3O2. The zero-order valence-corrected chi connectivity index (χ0v) is 6.24. The van der Waals surface area contributed by atoms with Gasteiger partial charge in [-0.05, 0) is 16.8 Å². The molecule has 0 aliphatic carbocycles. The van der Waals surface area contributed by atoms with Crippen molar-refractivity contribution in [3.05, 3.63) is 27.7 Å². The first kappa shape index (κ1) is 7.59. The van der Waals surface area contributed by atoms with Gasteiger partial charge in [-0.2, -0.15) is 0 Å². The van der Waals surface area contributed by atoms with Crippen molar-refractivity contribution in [2.45, 2.75) is 13.8 Å². The zero-order chi connectivity index (χ0) is 8.43. The summed E-state index contributed by atoms with van der Waals surface area (Å²) in [6, 6.07) is 0. The molecule has 58 valence electrons. The van der Waals surface area contributed by atoms with Gasteiger partial charge in [0.05, 0.1) is 6.20 Å². The first-order valence-corrected chi connectivity index (χ1v) is 3.06. The Bertz CT molecular complexity index is 298. The normalized spacial score (nSPS) is 9.64. The molecule has 1 aromatic heterocycles. The standard InChI is InChI=1S/C6H7N3O2/c1-4-3-7-5(2)6(8-4)9(10)11/h3H,1-2H3. The molecule has 0 aliphatic rings. The Kier molecular flexibility index (Phi) is 1.80. The first-order valence-electron chi connectivity index (χ1n) is 3.06. The molecule has 0 aromatic carbocycles. The van der Waals surface area contributed by atoms with Gasteiger partial charge in [-0.3, -0.25) is 0 Å². The summed E-state index contributed by atoms with van der Waals surface area (Å²) < 4.78 is 0. The molecule has 0 N–H and O–H groups in total. The van der Waals surface area contributed by atoms with Gasteiger partial charge in [-0.25, -0.2) is 4.98 Å². The maximum absolute atomic E-state index is 10.3. The van der Waals surface area contributed by atoms with Crippen molar-refractivity contribution in [3.8, 4) is 0 Å². The third-order valence-electron chi connectivity index (χ3n) is 1.22. The predicted octanol–water partition coefficient (Wildman–Crippen LogP) is 1.00. The van der Waals surface area contributed by atoms with Crippen LogP contribution in [0.3, 0.4) is 0 Å². The lowest BCUT2D eigenvalue weighted by molar-refractivity contribution is -0.390. The molecule has 0 spiro atoms. The topological polar surface area (TPSA) is 68.9 Å². The summed E-state index contributed by atoms with van der Waals surface area (Å²) in [4.78, 5) is 17.3. The molecule has 0 atom stereocenters. The highest BCUT2D eigenvalue weighted by Gasteiger charge is 2.12. The van der Waals surface area contributed by atoms with Gasteiger partial charge in [0.25, 0.3) is 0 Å². The molecule has 0 saturated carbocycles. The number of hydrogen-bond acceptors (Lipinski definition) is 4. The molecule has 0 amide bonds. The molecule has 1 rings (SSSR count). The SMILES string of the molecule is Cc1cnc(C)c([N+](=O)[O-])n1. The Labute approximate surface area is 63.3 Å². The summed E-state index contributed by atoms with van der Waals surface area (Å²) in [5.74, 6) is -0.162. The third-order valence-corrected chi connectivity index (χ3v) is 1.22. The number of aromatic nitrogens is 2. The van der Waals surface area contributed by atoms with Crippen LogP contribution < -0.4 is 0 Å². The van der Waals surface area contributed by atoms with Crippen LogP contribution in [0.25, 0.3) is 0 Å². The van der Waals surface area contributed by atoms with Crippen molar-refractivity contribution in [1.82, 2.24) is 9.97 Å². The average Bonchev–Trinajstić information content (AvgIpc) is 1.94. The summed E-state index contributed by atoms with van der Waals surface area (Å²) in [5.41, 5.74) is 0.905. The maximum Gasteiger partial charge on any atom is 0.385 e. The molecule has 5 heteroatoms. The van der Waals surface area contributed by atoms with Crippen LogP contribution >= 0.6 is 0 Å². The Balaban J connectivity index is 3.23. The van der Waals surface area contributed by atoms with E-state index in [-0.39, 0.29) is 5.82 Å². The van der Waals surface area contributed by atoms with Crippen LogP contribution in [0.5, 0.6) is 0 Å². The van der Waals surface area contributed by atoms with E-state index in [1.165, 1.54) is 6.20 Å². The van der Waals surface area contributed by atoms with Crippen LogP contribution in [0.2, 0.25) is 0 Å². The minimum Gasteiger partial charge on any atom is -0.358 e. The third kappa shape index (κ3) is 1.49. The van der Waals surface area contributed by atoms with Crippen molar-refractivity contribution in [2.24, 2.45) is 0 Å². The van der Waals surface area contributed by atoms with E-state index >= 15 is 0 Å². The van der Waals surface area contributed by atoms with E-state index in [0.29, 0.717) is 11.4 Å². The zero-order valence-electron chi connectivity index (χ0n) is 6.24. The van der Waals surface area contributed by atoms with Crippen molar-refractivity contribution in [1.29, 1.82) is 0 Å². The highest BCUT2D eigenvalue weighted by atomic mass is 16.6. The summed E-state index contributed by atoms with van der Waals surface area (Å²) in [7, 11) is 0. The van der Waals surface area contributed by atoms with Gasteiger partial charge < -0.3 is 10.1 Å². The van der Waals surface area contributed by atoms with Gasteiger partial charge in [0.2, 0.25) is 0 Å². The van der Waals surface area contributed by atoms with Gasteiger partial charge >= 0.3 is 5.82 Å². The summed E-state index contributed by atoms with van der Waals surface area (Å²) in [6.45, 7) is 3.23. The lowest BCUT2D eigenvalue weighted by Crippen LogP contribution is -1.98. The molecular weight excluding hydrogens is 146 g/mol. The Morgan fingerprint density at radius 3 is 2.64 bits per heavy atom. The number of aryl methyl sites for hydroxylation is 2. The molecule has 0 unspecified atom stereocenters. The second kappa shape index (κ2) is 2.61. The average molecular weight is 153 g/mol. The number of nitrogens with zero attached hydrogens (tertiary/aromatic N) is 3. The molecule has 1 heterocycles. The predicted molar refractivity (Wildman–Crippen MR) is 38.2 cm³/mol. The molecule has 0 fully saturated rings. The highest BCUT2D eigenvalue weighted by Crippen LogP contribution is 2.10. The molecule has 0 saturated heterocycles. The van der Waals surface area contributed by atoms with Crippen LogP contribution in [0.4, 0.5) is 5.82 Å².